The Morgan fingerprint density at radius 1 is 1.19 bits per heavy atom. The first kappa shape index (κ1) is 22.1. The summed E-state index contributed by atoms with van der Waals surface area (Å²) in [5, 5.41) is 9.12. The second-order valence-electron chi connectivity index (χ2n) is 8.11. The molecule has 2 aromatic rings. The van der Waals surface area contributed by atoms with Gasteiger partial charge in [0.05, 0.1) is 23.3 Å². The lowest BCUT2D eigenvalue weighted by atomic mass is 10.1. The van der Waals surface area contributed by atoms with Gasteiger partial charge in [0.15, 0.2) is 9.84 Å². The zero-order chi connectivity index (χ0) is 22.9. The molecule has 7 nitrogen and oxygen atoms in total. The van der Waals surface area contributed by atoms with E-state index in [9.17, 15) is 17.6 Å². The van der Waals surface area contributed by atoms with Crippen molar-refractivity contribution in [2.45, 2.75) is 36.2 Å². The van der Waals surface area contributed by atoms with Crippen LogP contribution in [0, 0.1) is 17.1 Å². The fourth-order valence-corrected chi connectivity index (χ4v) is 5.84. The monoisotopic (exact) mass is 457 g/mol. The topological polar surface area (TPSA) is 90.7 Å². The number of nitrogens with zero attached hydrogens (tertiary/aromatic N) is 3. The van der Waals surface area contributed by atoms with Gasteiger partial charge in [-0.15, -0.1) is 0 Å². The van der Waals surface area contributed by atoms with Crippen molar-refractivity contribution in [3.8, 4) is 11.8 Å². The summed E-state index contributed by atoms with van der Waals surface area (Å²) in [6.07, 6.45) is 1.68. The summed E-state index contributed by atoms with van der Waals surface area (Å²) in [4.78, 5) is 16.9. The van der Waals surface area contributed by atoms with E-state index < -0.39 is 15.7 Å². The Bertz CT molecular complexity index is 1160. The summed E-state index contributed by atoms with van der Waals surface area (Å²) in [6, 6.07) is 12.7. The molecule has 9 heteroatoms. The van der Waals surface area contributed by atoms with Crippen LogP contribution in [0.15, 0.2) is 47.4 Å². The molecule has 0 saturated carbocycles. The van der Waals surface area contributed by atoms with Crippen LogP contribution in [0.4, 0.5) is 10.1 Å². The number of fused-ring (bicyclic) bond motifs is 2. The second kappa shape index (κ2) is 8.79. The fourth-order valence-electron chi connectivity index (χ4n) is 4.58. The standard InChI is InChI=1S/C23H24FN3O4S/c1-31-20-3-2-4-21(12-20)32(29,30)10-9-23(28)26-14-18-5-6-19(15-26)27(18)17-7-8-22(24)16(11-17)13-25/h2-4,7-8,11-12,18-19H,5-6,9-10,14-15H2,1H3. The van der Waals surface area contributed by atoms with E-state index in [0.29, 0.717) is 18.8 Å². The molecule has 0 aromatic heterocycles. The van der Waals surface area contributed by atoms with Crippen molar-refractivity contribution in [2.24, 2.45) is 0 Å². The van der Waals surface area contributed by atoms with Gasteiger partial charge in [-0.3, -0.25) is 4.79 Å². The number of ether oxygens (including phenoxy) is 1. The largest absolute Gasteiger partial charge is 0.497 e. The highest BCUT2D eigenvalue weighted by Crippen LogP contribution is 2.35. The van der Waals surface area contributed by atoms with Crippen molar-refractivity contribution >= 4 is 21.4 Å². The normalized spacial score (nSPS) is 20.2. The quantitative estimate of drug-likeness (QED) is 0.663. The van der Waals surface area contributed by atoms with E-state index in [4.69, 9.17) is 10.00 Å². The van der Waals surface area contributed by atoms with Gasteiger partial charge >= 0.3 is 0 Å². The van der Waals surface area contributed by atoms with Crippen molar-refractivity contribution in [3.63, 3.8) is 0 Å². The Morgan fingerprint density at radius 3 is 2.56 bits per heavy atom. The predicted octanol–water partition coefficient (Wildman–Crippen LogP) is 2.75. The van der Waals surface area contributed by atoms with E-state index in [1.807, 2.05) is 6.07 Å². The molecule has 2 saturated heterocycles. The van der Waals surface area contributed by atoms with Gasteiger partial charge in [0.25, 0.3) is 0 Å². The Hall–Kier alpha value is -3.12. The summed E-state index contributed by atoms with van der Waals surface area (Å²) < 4.78 is 44.1. The molecule has 0 N–H and O–H groups in total. The third-order valence-corrected chi connectivity index (χ3v) is 7.90. The summed E-state index contributed by atoms with van der Waals surface area (Å²) in [6.45, 7) is 0.960. The molecule has 2 atom stereocenters. The minimum atomic E-state index is -3.61. The van der Waals surface area contributed by atoms with Crippen molar-refractivity contribution < 1.29 is 22.3 Å². The molecule has 4 rings (SSSR count). The number of anilines is 1. The minimum Gasteiger partial charge on any atom is -0.497 e. The van der Waals surface area contributed by atoms with E-state index >= 15 is 0 Å². The second-order valence-corrected chi connectivity index (χ2v) is 10.2. The van der Waals surface area contributed by atoms with Gasteiger partial charge in [0.2, 0.25) is 5.91 Å². The Balaban J connectivity index is 1.41. The van der Waals surface area contributed by atoms with Crippen molar-refractivity contribution in [1.82, 2.24) is 4.90 Å². The Morgan fingerprint density at radius 2 is 1.91 bits per heavy atom. The molecule has 2 aliphatic rings. The first-order chi connectivity index (χ1) is 15.3. The zero-order valence-corrected chi connectivity index (χ0v) is 18.5. The number of methoxy groups -OCH3 is 1. The van der Waals surface area contributed by atoms with E-state index in [1.54, 1.807) is 29.2 Å². The number of nitriles is 1. The maximum absolute atomic E-state index is 13.7. The number of halogens is 1. The van der Waals surface area contributed by atoms with Crippen LogP contribution < -0.4 is 9.64 Å². The van der Waals surface area contributed by atoms with Crippen LogP contribution in [0.5, 0.6) is 5.75 Å². The maximum Gasteiger partial charge on any atom is 0.223 e. The molecule has 2 unspecified atom stereocenters. The third kappa shape index (κ3) is 4.28. The lowest BCUT2D eigenvalue weighted by Crippen LogP contribution is -2.55. The van der Waals surface area contributed by atoms with E-state index in [0.717, 1.165) is 18.5 Å². The molecule has 168 valence electrons. The molecular weight excluding hydrogens is 433 g/mol. The van der Waals surface area contributed by atoms with Gasteiger partial charge in [-0.25, -0.2) is 12.8 Å². The van der Waals surface area contributed by atoms with Crippen LogP contribution >= 0.6 is 0 Å². The number of amides is 1. The Kier molecular flexibility index (Phi) is 6.07. The number of carbonyl (C=O) groups is 1. The highest BCUT2D eigenvalue weighted by atomic mass is 32.2. The molecule has 2 fully saturated rings. The van der Waals surface area contributed by atoms with Crippen molar-refractivity contribution in [3.05, 3.63) is 53.8 Å². The fraction of sp³-hybridized carbons (Fsp3) is 0.391. The number of hydrogen-bond acceptors (Lipinski definition) is 6. The Labute approximate surface area is 186 Å². The molecule has 1 amide bonds. The maximum atomic E-state index is 13.7. The minimum absolute atomic E-state index is 0.00292. The van der Waals surface area contributed by atoms with Gasteiger partial charge in [-0.05, 0) is 49.2 Å². The van der Waals surface area contributed by atoms with Crippen LogP contribution in [0.2, 0.25) is 0 Å². The number of piperazine rings is 1. The van der Waals surface area contributed by atoms with Crippen LogP contribution in [-0.2, 0) is 14.6 Å². The molecule has 0 spiro atoms. The third-order valence-electron chi connectivity index (χ3n) is 6.19. The summed E-state index contributed by atoms with van der Waals surface area (Å²) in [5.74, 6) is -0.553. The first-order valence-electron chi connectivity index (χ1n) is 10.4. The number of sulfone groups is 1. The van der Waals surface area contributed by atoms with Crippen LogP contribution in [0.3, 0.4) is 0 Å². The van der Waals surface area contributed by atoms with E-state index in [-0.39, 0.29) is 40.6 Å². The molecule has 2 aromatic carbocycles. The molecule has 32 heavy (non-hydrogen) atoms. The molecule has 2 bridgehead atoms. The first-order valence-corrected chi connectivity index (χ1v) is 12.1. The predicted molar refractivity (Wildman–Crippen MR) is 117 cm³/mol. The number of likely N-dealkylation sites (tertiary alicyclic amines) is 1. The van der Waals surface area contributed by atoms with Gasteiger partial charge in [0, 0.05) is 37.3 Å². The zero-order valence-electron chi connectivity index (χ0n) is 17.7. The average molecular weight is 458 g/mol. The van der Waals surface area contributed by atoms with Gasteiger partial charge in [-0.2, -0.15) is 5.26 Å². The van der Waals surface area contributed by atoms with Gasteiger partial charge in [0.1, 0.15) is 17.6 Å². The average Bonchev–Trinajstić information content (AvgIpc) is 3.06. The van der Waals surface area contributed by atoms with Crippen molar-refractivity contribution in [2.75, 3.05) is 30.9 Å². The lowest BCUT2D eigenvalue weighted by Gasteiger charge is -2.42. The van der Waals surface area contributed by atoms with Crippen LogP contribution in [-0.4, -0.2) is 57.3 Å². The number of benzene rings is 2. The summed E-state index contributed by atoms with van der Waals surface area (Å²) >= 11 is 0. The van der Waals surface area contributed by atoms with E-state index in [1.165, 1.54) is 25.3 Å². The highest BCUT2D eigenvalue weighted by Gasteiger charge is 2.41. The number of hydrogen-bond donors (Lipinski definition) is 0. The molecular formula is C23H24FN3O4S. The van der Waals surface area contributed by atoms with Crippen molar-refractivity contribution in [1.29, 1.82) is 5.26 Å². The summed E-state index contributed by atoms with van der Waals surface area (Å²) in [7, 11) is -2.14. The SMILES string of the molecule is COc1cccc(S(=O)(=O)CCC(=O)N2CC3CCC(C2)N3c2ccc(F)c(C#N)c2)c1. The molecule has 2 heterocycles. The number of rotatable bonds is 6. The lowest BCUT2D eigenvalue weighted by molar-refractivity contribution is -0.131. The van der Waals surface area contributed by atoms with E-state index in [2.05, 4.69) is 4.90 Å². The highest BCUT2D eigenvalue weighted by molar-refractivity contribution is 7.91. The molecule has 0 radical (unpaired) electrons. The van der Waals surface area contributed by atoms with Crippen LogP contribution in [0.25, 0.3) is 0 Å². The summed E-state index contributed by atoms with van der Waals surface area (Å²) in [5.41, 5.74) is 0.784. The smallest absolute Gasteiger partial charge is 0.223 e. The van der Waals surface area contributed by atoms with Crippen LogP contribution in [0.1, 0.15) is 24.8 Å². The number of carbonyl (C=O) groups excluding carboxylic acids is 1. The van der Waals surface area contributed by atoms with Gasteiger partial charge < -0.3 is 14.5 Å². The van der Waals surface area contributed by atoms with Gasteiger partial charge in [-0.1, -0.05) is 6.07 Å². The molecule has 0 aliphatic carbocycles. The molecule has 2 aliphatic heterocycles.